The standard InChI is InChI=1S/C23H34N6O6S/c24-18(23(34)35)10-11-20(30)27-19(22(33)26-14-21(31)32)15-36-12-5-3-1-2-4-7-16-8-6-9-17(13-16)28-29-25/h6,8-9,13,18-19H,1-5,7,10-12,14-15,24H2,(H,26,33)(H,27,30)(H,31,32)(H,34,35)/t18-,19-/m0/s1. The molecule has 0 bridgehead atoms. The second kappa shape index (κ2) is 18.1. The summed E-state index contributed by atoms with van der Waals surface area (Å²) in [6.45, 7) is -0.560. The summed E-state index contributed by atoms with van der Waals surface area (Å²) in [5.74, 6) is -2.50. The fourth-order valence-electron chi connectivity index (χ4n) is 3.24. The van der Waals surface area contributed by atoms with Crippen LogP contribution >= 0.6 is 11.8 Å². The molecule has 36 heavy (non-hydrogen) atoms. The minimum atomic E-state index is -1.21. The number of hydrogen-bond acceptors (Lipinski definition) is 7. The number of nitrogens with one attached hydrogen (secondary N) is 2. The molecule has 0 aliphatic heterocycles. The number of carbonyl (C=O) groups is 4. The number of carbonyl (C=O) groups excluding carboxylic acids is 2. The molecule has 2 amide bonds. The van der Waals surface area contributed by atoms with Gasteiger partial charge in [0.2, 0.25) is 11.8 Å². The topological polar surface area (TPSA) is 208 Å². The molecule has 0 radical (unpaired) electrons. The Kier molecular flexibility index (Phi) is 15.4. The molecular formula is C23H34N6O6S. The van der Waals surface area contributed by atoms with Crippen LogP contribution in [0.5, 0.6) is 0 Å². The smallest absolute Gasteiger partial charge is 0.322 e. The monoisotopic (exact) mass is 522 g/mol. The Morgan fingerprint density at radius 3 is 2.53 bits per heavy atom. The van der Waals surface area contributed by atoms with Gasteiger partial charge in [-0.15, -0.1) is 0 Å². The fourth-order valence-corrected chi connectivity index (χ4v) is 4.28. The van der Waals surface area contributed by atoms with Crippen molar-refractivity contribution >= 4 is 41.2 Å². The Balaban J connectivity index is 2.31. The number of aryl methyl sites for hydroxylation is 1. The molecular weight excluding hydrogens is 488 g/mol. The molecule has 1 rings (SSSR count). The summed E-state index contributed by atoms with van der Waals surface area (Å²) in [6.07, 6.45) is 5.77. The lowest BCUT2D eigenvalue weighted by atomic mass is 10.1. The van der Waals surface area contributed by atoms with E-state index in [4.69, 9.17) is 21.5 Å². The Labute approximate surface area is 214 Å². The first-order valence-electron chi connectivity index (χ1n) is 11.7. The van der Waals surface area contributed by atoms with E-state index < -0.39 is 42.4 Å². The first kappa shape index (κ1) is 30.8. The lowest BCUT2D eigenvalue weighted by Gasteiger charge is -2.18. The normalized spacial score (nSPS) is 12.1. The van der Waals surface area contributed by atoms with E-state index in [0.717, 1.165) is 49.8 Å². The Morgan fingerprint density at radius 1 is 1.11 bits per heavy atom. The van der Waals surface area contributed by atoms with Gasteiger partial charge in [-0.2, -0.15) is 11.8 Å². The molecule has 13 heteroatoms. The molecule has 0 aromatic heterocycles. The summed E-state index contributed by atoms with van der Waals surface area (Å²) < 4.78 is 0. The van der Waals surface area contributed by atoms with Crippen LogP contribution in [0.1, 0.15) is 50.5 Å². The predicted molar refractivity (Wildman–Crippen MR) is 137 cm³/mol. The van der Waals surface area contributed by atoms with E-state index in [1.807, 2.05) is 18.2 Å². The summed E-state index contributed by atoms with van der Waals surface area (Å²) in [6, 6.07) is 5.44. The average Bonchev–Trinajstić information content (AvgIpc) is 2.84. The van der Waals surface area contributed by atoms with E-state index >= 15 is 0 Å². The van der Waals surface area contributed by atoms with Crippen molar-refractivity contribution in [1.82, 2.24) is 10.6 Å². The van der Waals surface area contributed by atoms with Gasteiger partial charge in [0.25, 0.3) is 0 Å². The van der Waals surface area contributed by atoms with E-state index in [-0.39, 0.29) is 18.6 Å². The zero-order chi connectivity index (χ0) is 26.8. The van der Waals surface area contributed by atoms with Crippen LogP contribution in [0.3, 0.4) is 0 Å². The van der Waals surface area contributed by atoms with Gasteiger partial charge >= 0.3 is 11.9 Å². The first-order chi connectivity index (χ1) is 17.2. The van der Waals surface area contributed by atoms with Gasteiger partial charge in [-0.25, -0.2) is 0 Å². The zero-order valence-electron chi connectivity index (χ0n) is 20.1. The van der Waals surface area contributed by atoms with Crippen LogP contribution in [-0.2, 0) is 25.6 Å². The van der Waals surface area contributed by atoms with Crippen LogP contribution in [0, 0.1) is 0 Å². The molecule has 198 valence electrons. The molecule has 0 aliphatic carbocycles. The summed E-state index contributed by atoms with van der Waals surface area (Å²) in [7, 11) is 0. The highest BCUT2D eigenvalue weighted by molar-refractivity contribution is 7.99. The third-order valence-corrected chi connectivity index (χ3v) is 6.32. The van der Waals surface area contributed by atoms with E-state index in [2.05, 4.69) is 20.7 Å². The van der Waals surface area contributed by atoms with Crippen molar-refractivity contribution in [3.05, 3.63) is 40.3 Å². The molecule has 1 aromatic rings. The van der Waals surface area contributed by atoms with Crippen LogP contribution in [0.15, 0.2) is 29.4 Å². The van der Waals surface area contributed by atoms with Crippen LogP contribution in [0.4, 0.5) is 5.69 Å². The molecule has 0 unspecified atom stereocenters. The highest BCUT2D eigenvalue weighted by Gasteiger charge is 2.22. The van der Waals surface area contributed by atoms with Gasteiger partial charge < -0.3 is 26.6 Å². The van der Waals surface area contributed by atoms with Crippen LogP contribution < -0.4 is 16.4 Å². The highest BCUT2D eigenvalue weighted by Crippen LogP contribution is 2.17. The van der Waals surface area contributed by atoms with Crippen molar-refractivity contribution in [3.8, 4) is 0 Å². The molecule has 12 nitrogen and oxygen atoms in total. The number of azide groups is 1. The highest BCUT2D eigenvalue weighted by atomic mass is 32.2. The quantitative estimate of drug-likeness (QED) is 0.0787. The Morgan fingerprint density at radius 2 is 1.83 bits per heavy atom. The molecule has 0 aliphatic rings. The second-order valence-electron chi connectivity index (χ2n) is 8.17. The van der Waals surface area contributed by atoms with Gasteiger partial charge in [0.05, 0.1) is 0 Å². The average molecular weight is 523 g/mol. The lowest BCUT2D eigenvalue weighted by Crippen LogP contribution is -2.49. The summed E-state index contributed by atoms with van der Waals surface area (Å²) in [5.41, 5.74) is 15.7. The summed E-state index contributed by atoms with van der Waals surface area (Å²) in [5, 5.41) is 26.0. The van der Waals surface area contributed by atoms with Crippen molar-refractivity contribution in [1.29, 1.82) is 0 Å². The minimum Gasteiger partial charge on any atom is -0.480 e. The SMILES string of the molecule is [N-]=[N+]=Nc1cccc(CCCCCCCSC[C@H](NC(=O)CC[C@H](N)C(=O)O)C(=O)NCC(=O)O)c1. The molecule has 0 fully saturated rings. The van der Waals surface area contributed by atoms with Crippen molar-refractivity contribution in [2.75, 3.05) is 18.1 Å². The summed E-state index contributed by atoms with van der Waals surface area (Å²) >= 11 is 1.48. The number of benzene rings is 1. The maximum Gasteiger partial charge on any atom is 0.322 e. The molecule has 2 atom stereocenters. The minimum absolute atomic E-state index is 0.0724. The number of thioether (sulfide) groups is 1. The molecule has 0 saturated heterocycles. The number of amides is 2. The number of nitrogens with zero attached hydrogens (tertiary/aromatic N) is 3. The Bertz CT molecular complexity index is 924. The molecule has 6 N–H and O–H groups in total. The number of carboxylic acid groups (broad SMARTS) is 2. The second-order valence-corrected chi connectivity index (χ2v) is 9.32. The largest absolute Gasteiger partial charge is 0.480 e. The van der Waals surface area contributed by atoms with Crippen molar-refractivity contribution in [3.63, 3.8) is 0 Å². The van der Waals surface area contributed by atoms with Crippen molar-refractivity contribution < 1.29 is 29.4 Å². The van der Waals surface area contributed by atoms with E-state index in [9.17, 15) is 19.2 Å². The van der Waals surface area contributed by atoms with E-state index in [1.54, 1.807) is 6.07 Å². The fraction of sp³-hybridized carbons (Fsp3) is 0.565. The van der Waals surface area contributed by atoms with E-state index in [1.165, 1.54) is 11.8 Å². The Hall–Kier alpha value is -3.28. The van der Waals surface area contributed by atoms with Crippen molar-refractivity contribution in [2.45, 2.75) is 63.5 Å². The molecule has 1 aromatic carbocycles. The van der Waals surface area contributed by atoms with E-state index in [0.29, 0.717) is 5.69 Å². The first-order valence-corrected chi connectivity index (χ1v) is 12.9. The summed E-state index contributed by atoms with van der Waals surface area (Å²) in [4.78, 5) is 48.7. The number of nitrogens with two attached hydrogens (primary N) is 1. The van der Waals surface area contributed by atoms with Crippen LogP contribution in [0.25, 0.3) is 10.4 Å². The lowest BCUT2D eigenvalue weighted by molar-refractivity contribution is -0.139. The number of hydrogen-bond donors (Lipinski definition) is 5. The van der Waals surface area contributed by atoms with Gasteiger partial charge in [0.15, 0.2) is 0 Å². The maximum atomic E-state index is 12.3. The van der Waals surface area contributed by atoms with Gasteiger partial charge in [0, 0.05) is 22.8 Å². The van der Waals surface area contributed by atoms with Gasteiger partial charge in [0.1, 0.15) is 18.6 Å². The maximum absolute atomic E-state index is 12.3. The molecule has 0 heterocycles. The third kappa shape index (κ3) is 14.2. The third-order valence-electron chi connectivity index (χ3n) is 5.17. The number of aliphatic carboxylic acids is 2. The molecule has 0 spiro atoms. The van der Waals surface area contributed by atoms with Gasteiger partial charge in [-0.05, 0) is 48.6 Å². The predicted octanol–water partition coefficient (Wildman–Crippen LogP) is 2.73. The van der Waals surface area contributed by atoms with Crippen LogP contribution in [0.2, 0.25) is 0 Å². The number of rotatable bonds is 19. The van der Waals surface area contributed by atoms with Gasteiger partial charge in [-0.3, -0.25) is 19.2 Å². The molecule has 0 saturated carbocycles. The zero-order valence-corrected chi connectivity index (χ0v) is 20.9. The van der Waals surface area contributed by atoms with Gasteiger partial charge in [-0.1, -0.05) is 42.6 Å². The number of carboxylic acids is 2. The number of unbranched alkanes of at least 4 members (excludes halogenated alkanes) is 4. The van der Waals surface area contributed by atoms with Crippen LogP contribution in [-0.4, -0.2) is 64.1 Å². The van der Waals surface area contributed by atoms with Crippen molar-refractivity contribution in [2.24, 2.45) is 10.8 Å².